The van der Waals surface area contributed by atoms with Crippen molar-refractivity contribution in [3.63, 3.8) is 0 Å². The standard InChI is InChI=1S/C15H20N4O3/c1-10(4-16)14-7-15(8-14,9-14)19-6-11-5-17(13(21)22)2-3-18(11)12(19)20/h10-11H,2-3,5-9H2,1H3,(H,21,22)/t10?,11-,14?,15?/m0/s1. The minimum Gasteiger partial charge on any atom is -0.465 e. The van der Waals surface area contributed by atoms with Crippen molar-refractivity contribution in [3.8, 4) is 6.07 Å². The van der Waals surface area contributed by atoms with E-state index in [2.05, 4.69) is 6.07 Å². The predicted octanol–water partition coefficient (Wildman–Crippen LogP) is 1.17. The Morgan fingerprint density at radius 3 is 2.64 bits per heavy atom. The van der Waals surface area contributed by atoms with Crippen molar-refractivity contribution in [1.29, 1.82) is 5.26 Å². The number of hydrogen-bond acceptors (Lipinski definition) is 3. The Hall–Kier alpha value is -1.97. The Kier molecular flexibility index (Phi) is 2.52. The van der Waals surface area contributed by atoms with Gasteiger partial charge in [0.2, 0.25) is 0 Å². The van der Waals surface area contributed by atoms with Crippen LogP contribution in [0.25, 0.3) is 0 Å². The van der Waals surface area contributed by atoms with E-state index in [1.54, 1.807) is 0 Å². The van der Waals surface area contributed by atoms with Crippen LogP contribution < -0.4 is 0 Å². The van der Waals surface area contributed by atoms with Gasteiger partial charge in [0, 0.05) is 37.6 Å². The summed E-state index contributed by atoms with van der Waals surface area (Å²) in [5.74, 6) is 0.0529. The van der Waals surface area contributed by atoms with Gasteiger partial charge in [0.05, 0.1) is 12.1 Å². The average Bonchev–Trinajstić information content (AvgIpc) is 2.72. The maximum absolute atomic E-state index is 12.6. The van der Waals surface area contributed by atoms with Gasteiger partial charge in [0.25, 0.3) is 0 Å². The van der Waals surface area contributed by atoms with E-state index >= 15 is 0 Å². The number of nitrogens with zero attached hydrogens (tertiary/aromatic N) is 4. The lowest BCUT2D eigenvalue weighted by atomic mass is 9.35. The molecule has 5 fully saturated rings. The SMILES string of the molecule is CC(C#N)C12CC(N3C[C@@H]4CN(C(=O)O)CCN4C3=O)(C1)C2. The Labute approximate surface area is 129 Å². The molecule has 3 saturated carbocycles. The van der Waals surface area contributed by atoms with E-state index in [1.807, 2.05) is 16.7 Å². The molecule has 3 amide bonds. The van der Waals surface area contributed by atoms with E-state index in [0.29, 0.717) is 26.2 Å². The third kappa shape index (κ3) is 1.50. The molecule has 2 heterocycles. The van der Waals surface area contributed by atoms with Gasteiger partial charge >= 0.3 is 12.1 Å². The molecule has 5 aliphatic rings. The lowest BCUT2D eigenvalue weighted by molar-refractivity contribution is -0.216. The van der Waals surface area contributed by atoms with E-state index in [9.17, 15) is 9.59 Å². The second-order valence-electron chi connectivity index (χ2n) is 7.44. The molecule has 0 aromatic rings. The van der Waals surface area contributed by atoms with Crippen molar-refractivity contribution in [2.75, 3.05) is 26.2 Å². The molecule has 7 heteroatoms. The van der Waals surface area contributed by atoms with E-state index < -0.39 is 6.09 Å². The van der Waals surface area contributed by atoms with Crippen molar-refractivity contribution in [2.24, 2.45) is 11.3 Å². The molecule has 0 spiro atoms. The fourth-order valence-electron chi connectivity index (χ4n) is 4.97. The van der Waals surface area contributed by atoms with Crippen LogP contribution in [0.2, 0.25) is 0 Å². The number of carbonyl (C=O) groups excluding carboxylic acids is 1. The number of carbonyl (C=O) groups is 2. The number of nitriles is 1. The van der Waals surface area contributed by atoms with Gasteiger partial charge in [-0.05, 0) is 31.6 Å². The number of carboxylic acid groups (broad SMARTS) is 1. The summed E-state index contributed by atoms with van der Waals surface area (Å²) in [5, 5.41) is 18.2. The molecule has 1 unspecified atom stereocenters. The number of amides is 3. The highest BCUT2D eigenvalue weighted by Crippen LogP contribution is 2.73. The number of hydrogen-bond donors (Lipinski definition) is 1. The predicted molar refractivity (Wildman–Crippen MR) is 76.0 cm³/mol. The lowest BCUT2D eigenvalue weighted by Gasteiger charge is -2.74. The summed E-state index contributed by atoms with van der Waals surface area (Å²) in [6.07, 6.45) is 1.90. The first-order valence-corrected chi connectivity index (χ1v) is 7.87. The minimum atomic E-state index is -0.905. The van der Waals surface area contributed by atoms with Crippen LogP contribution in [0.5, 0.6) is 0 Å². The van der Waals surface area contributed by atoms with Gasteiger partial charge < -0.3 is 19.8 Å². The summed E-state index contributed by atoms with van der Waals surface area (Å²) in [6, 6.07) is 2.39. The molecule has 2 aliphatic heterocycles. The molecule has 22 heavy (non-hydrogen) atoms. The van der Waals surface area contributed by atoms with Crippen LogP contribution in [0.1, 0.15) is 26.2 Å². The molecule has 5 rings (SSSR count). The van der Waals surface area contributed by atoms with E-state index in [4.69, 9.17) is 10.4 Å². The van der Waals surface area contributed by atoms with Crippen LogP contribution in [0, 0.1) is 22.7 Å². The maximum Gasteiger partial charge on any atom is 0.407 e. The highest BCUT2D eigenvalue weighted by Gasteiger charge is 2.74. The first kappa shape index (κ1) is 13.7. The molecule has 0 aromatic carbocycles. The van der Waals surface area contributed by atoms with Gasteiger partial charge in [-0.1, -0.05) is 0 Å². The molecular weight excluding hydrogens is 284 g/mol. The van der Waals surface area contributed by atoms with Crippen LogP contribution >= 0.6 is 0 Å². The summed E-state index contributed by atoms with van der Waals surface area (Å²) in [6.45, 7) is 3.89. The zero-order valence-electron chi connectivity index (χ0n) is 12.7. The van der Waals surface area contributed by atoms with E-state index in [0.717, 1.165) is 19.3 Å². The van der Waals surface area contributed by atoms with E-state index in [-0.39, 0.29) is 28.9 Å². The van der Waals surface area contributed by atoms with Crippen LogP contribution in [-0.2, 0) is 0 Å². The molecule has 7 nitrogen and oxygen atoms in total. The molecule has 2 bridgehead atoms. The van der Waals surface area contributed by atoms with Crippen LogP contribution in [0.4, 0.5) is 9.59 Å². The van der Waals surface area contributed by atoms with Crippen molar-refractivity contribution < 1.29 is 14.7 Å². The van der Waals surface area contributed by atoms with Gasteiger partial charge in [0.1, 0.15) is 0 Å². The molecule has 3 aliphatic carbocycles. The minimum absolute atomic E-state index is 0.0179. The number of fused-ring (bicyclic) bond motifs is 1. The highest BCUT2D eigenvalue weighted by atomic mass is 16.4. The zero-order chi connectivity index (χ0) is 15.7. The summed E-state index contributed by atoms with van der Waals surface area (Å²) in [7, 11) is 0. The van der Waals surface area contributed by atoms with Gasteiger partial charge in [-0.15, -0.1) is 0 Å². The van der Waals surface area contributed by atoms with Crippen molar-refractivity contribution in [2.45, 2.75) is 37.8 Å². The third-order valence-corrected chi connectivity index (χ3v) is 6.35. The molecular formula is C15H20N4O3. The quantitative estimate of drug-likeness (QED) is 0.829. The van der Waals surface area contributed by atoms with Gasteiger partial charge in [-0.3, -0.25) is 0 Å². The number of rotatable bonds is 2. The molecule has 2 atom stereocenters. The first-order chi connectivity index (χ1) is 10.4. The average molecular weight is 304 g/mol. The largest absolute Gasteiger partial charge is 0.465 e. The lowest BCUT2D eigenvalue weighted by Crippen LogP contribution is -2.76. The Bertz CT molecular complexity index is 578. The topological polar surface area (TPSA) is 87.9 Å². The van der Waals surface area contributed by atoms with Crippen LogP contribution in [0.3, 0.4) is 0 Å². The molecule has 0 radical (unpaired) electrons. The van der Waals surface area contributed by atoms with Crippen LogP contribution in [0.15, 0.2) is 0 Å². The monoisotopic (exact) mass is 304 g/mol. The Morgan fingerprint density at radius 2 is 2.05 bits per heavy atom. The van der Waals surface area contributed by atoms with E-state index in [1.165, 1.54) is 4.90 Å². The highest BCUT2D eigenvalue weighted by molar-refractivity contribution is 5.79. The zero-order valence-corrected chi connectivity index (χ0v) is 12.7. The fourth-order valence-corrected chi connectivity index (χ4v) is 4.97. The van der Waals surface area contributed by atoms with Gasteiger partial charge in [-0.25, -0.2) is 9.59 Å². The van der Waals surface area contributed by atoms with Crippen molar-refractivity contribution in [1.82, 2.24) is 14.7 Å². The summed E-state index contributed by atoms with van der Waals surface area (Å²) < 4.78 is 0. The Balaban J connectivity index is 1.46. The number of urea groups is 1. The second kappa shape index (κ2) is 4.06. The molecule has 1 N–H and O–H groups in total. The number of piperazine rings is 1. The summed E-state index contributed by atoms with van der Waals surface area (Å²) >= 11 is 0. The molecule has 118 valence electrons. The summed E-state index contributed by atoms with van der Waals surface area (Å²) in [5.41, 5.74) is 0.0822. The third-order valence-electron chi connectivity index (χ3n) is 6.35. The van der Waals surface area contributed by atoms with Crippen LogP contribution in [-0.4, -0.2) is 69.7 Å². The summed E-state index contributed by atoms with van der Waals surface area (Å²) in [4.78, 5) is 29.0. The van der Waals surface area contributed by atoms with Crippen molar-refractivity contribution >= 4 is 12.1 Å². The van der Waals surface area contributed by atoms with Crippen molar-refractivity contribution in [3.05, 3.63) is 0 Å². The smallest absolute Gasteiger partial charge is 0.407 e. The fraction of sp³-hybridized carbons (Fsp3) is 0.800. The van der Waals surface area contributed by atoms with Gasteiger partial charge in [-0.2, -0.15) is 5.26 Å². The first-order valence-electron chi connectivity index (χ1n) is 7.87. The Morgan fingerprint density at radius 1 is 1.36 bits per heavy atom. The van der Waals surface area contributed by atoms with Gasteiger partial charge in [0.15, 0.2) is 0 Å². The maximum atomic E-state index is 12.6. The molecule has 0 aromatic heterocycles. The normalized spacial score (nSPS) is 40.5. The molecule has 2 saturated heterocycles. The second-order valence-corrected chi connectivity index (χ2v) is 7.44.